The molecule has 0 amide bonds. The van der Waals surface area contributed by atoms with Crippen LogP contribution in [0.1, 0.15) is 27.2 Å². The van der Waals surface area contributed by atoms with Gasteiger partial charge in [-0.1, -0.05) is 0 Å². The summed E-state index contributed by atoms with van der Waals surface area (Å²) in [7, 11) is 1.44. The van der Waals surface area contributed by atoms with Crippen molar-refractivity contribution in [3.63, 3.8) is 0 Å². The second kappa shape index (κ2) is 6.61. The van der Waals surface area contributed by atoms with Gasteiger partial charge in [-0.05, 0) is 32.9 Å². The molecule has 17 heavy (non-hydrogen) atoms. The number of carbonyl (C=O) groups is 1. The maximum atomic E-state index is 11.8. The van der Waals surface area contributed by atoms with Gasteiger partial charge >= 0.3 is 5.97 Å². The van der Waals surface area contributed by atoms with Crippen LogP contribution in [0, 0.1) is 0 Å². The minimum Gasteiger partial charge on any atom is -0.468 e. The average Bonchev–Trinajstić information content (AvgIpc) is 2.19. The number of ether oxygens (including phenoxy) is 2. The van der Waals surface area contributed by atoms with Crippen LogP contribution in [0.4, 0.5) is 0 Å². The number of methoxy groups -OCH3 is 1. The lowest BCUT2D eigenvalue weighted by Crippen LogP contribution is -2.53. The lowest BCUT2D eigenvalue weighted by atomic mass is 9.98. The third-order valence-corrected chi connectivity index (χ3v) is 3.99. The normalized spacial score (nSPS) is 19.8. The van der Waals surface area contributed by atoms with Crippen LogP contribution in [0.15, 0.2) is 0 Å². The Bertz CT molecular complexity index is 256. The Kier molecular flexibility index (Phi) is 5.76. The first kappa shape index (κ1) is 14.8. The van der Waals surface area contributed by atoms with Crippen LogP contribution in [0.25, 0.3) is 0 Å². The van der Waals surface area contributed by atoms with Gasteiger partial charge in [0, 0.05) is 6.04 Å². The summed E-state index contributed by atoms with van der Waals surface area (Å²) in [5.41, 5.74) is -0.583. The Morgan fingerprint density at radius 2 is 2.24 bits per heavy atom. The van der Waals surface area contributed by atoms with Gasteiger partial charge in [0.05, 0.1) is 25.6 Å². The lowest BCUT2D eigenvalue weighted by molar-refractivity contribution is -0.148. The number of thioether (sulfide) groups is 1. The molecule has 0 spiro atoms. The third-order valence-electron chi connectivity index (χ3n) is 2.81. The molecule has 1 aliphatic heterocycles. The fourth-order valence-corrected chi connectivity index (χ4v) is 3.08. The van der Waals surface area contributed by atoms with E-state index in [1.165, 1.54) is 7.11 Å². The summed E-state index contributed by atoms with van der Waals surface area (Å²) >= 11 is 1.87. The van der Waals surface area contributed by atoms with Gasteiger partial charge in [-0.2, -0.15) is 11.8 Å². The molecule has 0 aromatic heterocycles. The van der Waals surface area contributed by atoms with Crippen LogP contribution >= 0.6 is 11.8 Å². The molecule has 0 saturated carbocycles. The minimum absolute atomic E-state index is 0.184. The van der Waals surface area contributed by atoms with E-state index in [-0.39, 0.29) is 12.0 Å². The van der Waals surface area contributed by atoms with Crippen LogP contribution in [0.5, 0.6) is 0 Å². The first-order valence-corrected chi connectivity index (χ1v) is 7.08. The summed E-state index contributed by atoms with van der Waals surface area (Å²) in [6.07, 6.45) is 0.777. The molecule has 0 bridgehead atoms. The smallest absolute Gasteiger partial charge is 0.325 e. The van der Waals surface area contributed by atoms with Crippen LogP contribution in [-0.4, -0.2) is 48.9 Å². The van der Waals surface area contributed by atoms with Crippen LogP contribution in [0.3, 0.4) is 0 Å². The second-order valence-electron chi connectivity index (χ2n) is 4.90. The van der Waals surface area contributed by atoms with Gasteiger partial charge in [0.25, 0.3) is 0 Å². The van der Waals surface area contributed by atoms with Crippen molar-refractivity contribution in [1.29, 1.82) is 0 Å². The number of esters is 1. The standard InChI is InChI=1S/C12H23NO3S/c1-9(2)13-12(3,11(14)15-4)5-6-17-10-7-16-8-10/h9-10,13H,5-8H2,1-4H3. The second-order valence-corrected chi connectivity index (χ2v) is 6.31. The molecule has 0 aliphatic carbocycles. The van der Waals surface area contributed by atoms with Gasteiger partial charge in [0.2, 0.25) is 0 Å². The van der Waals surface area contributed by atoms with E-state index in [2.05, 4.69) is 5.32 Å². The molecule has 1 saturated heterocycles. The average molecular weight is 261 g/mol. The van der Waals surface area contributed by atoms with E-state index in [9.17, 15) is 4.79 Å². The molecule has 5 heteroatoms. The Labute approximate surface area is 108 Å². The van der Waals surface area contributed by atoms with Crippen molar-refractivity contribution in [3.8, 4) is 0 Å². The van der Waals surface area contributed by atoms with E-state index in [0.717, 1.165) is 25.4 Å². The quantitative estimate of drug-likeness (QED) is 0.703. The number of rotatable bonds is 7. The highest BCUT2D eigenvalue weighted by Gasteiger charge is 2.34. The zero-order chi connectivity index (χ0) is 12.9. The van der Waals surface area contributed by atoms with Crippen molar-refractivity contribution in [2.75, 3.05) is 26.1 Å². The predicted molar refractivity (Wildman–Crippen MR) is 70.4 cm³/mol. The topological polar surface area (TPSA) is 47.6 Å². The first-order chi connectivity index (χ1) is 7.98. The predicted octanol–water partition coefficient (Wildman–Crippen LogP) is 1.44. The van der Waals surface area contributed by atoms with Gasteiger partial charge in [0.1, 0.15) is 5.54 Å². The molecule has 1 unspecified atom stereocenters. The molecule has 1 aliphatic rings. The molecule has 1 rings (SSSR count). The van der Waals surface area contributed by atoms with Crippen LogP contribution in [-0.2, 0) is 14.3 Å². The molecular weight excluding hydrogens is 238 g/mol. The lowest BCUT2D eigenvalue weighted by Gasteiger charge is -2.31. The monoisotopic (exact) mass is 261 g/mol. The van der Waals surface area contributed by atoms with Crippen LogP contribution in [0.2, 0.25) is 0 Å². The highest BCUT2D eigenvalue weighted by Crippen LogP contribution is 2.23. The van der Waals surface area contributed by atoms with Crippen molar-refractivity contribution < 1.29 is 14.3 Å². The maximum absolute atomic E-state index is 11.8. The van der Waals surface area contributed by atoms with Gasteiger partial charge in [0.15, 0.2) is 0 Å². The maximum Gasteiger partial charge on any atom is 0.325 e. The zero-order valence-corrected chi connectivity index (χ0v) is 11.9. The summed E-state index contributed by atoms with van der Waals surface area (Å²) in [6, 6.07) is 0.260. The number of hydrogen-bond donors (Lipinski definition) is 1. The number of nitrogens with one attached hydrogen (secondary N) is 1. The van der Waals surface area contributed by atoms with Gasteiger partial charge in [-0.25, -0.2) is 0 Å². The molecule has 1 N–H and O–H groups in total. The molecule has 0 radical (unpaired) electrons. The number of hydrogen-bond acceptors (Lipinski definition) is 5. The zero-order valence-electron chi connectivity index (χ0n) is 11.1. The van der Waals surface area contributed by atoms with Crippen molar-refractivity contribution in [3.05, 3.63) is 0 Å². The molecule has 100 valence electrons. The molecular formula is C12H23NO3S. The molecule has 0 aromatic rings. The van der Waals surface area contributed by atoms with E-state index in [0.29, 0.717) is 5.25 Å². The Morgan fingerprint density at radius 1 is 1.59 bits per heavy atom. The van der Waals surface area contributed by atoms with Gasteiger partial charge in [-0.15, -0.1) is 0 Å². The summed E-state index contributed by atoms with van der Waals surface area (Å²) < 4.78 is 10.0. The van der Waals surface area contributed by atoms with E-state index in [4.69, 9.17) is 9.47 Å². The van der Waals surface area contributed by atoms with Crippen molar-refractivity contribution >= 4 is 17.7 Å². The van der Waals surface area contributed by atoms with Gasteiger partial charge < -0.3 is 9.47 Å². The molecule has 1 fully saturated rings. The summed E-state index contributed by atoms with van der Waals surface area (Å²) in [4.78, 5) is 11.8. The fraction of sp³-hybridized carbons (Fsp3) is 0.917. The van der Waals surface area contributed by atoms with Crippen LogP contribution < -0.4 is 5.32 Å². The highest BCUT2D eigenvalue weighted by atomic mass is 32.2. The molecule has 1 atom stereocenters. The summed E-state index contributed by atoms with van der Waals surface area (Å²) in [5.74, 6) is 0.760. The van der Waals surface area contributed by atoms with Gasteiger partial charge in [-0.3, -0.25) is 10.1 Å². The summed E-state index contributed by atoms with van der Waals surface area (Å²) in [6.45, 7) is 7.67. The van der Waals surface area contributed by atoms with Crippen molar-refractivity contribution in [2.45, 2.75) is 44.0 Å². The SMILES string of the molecule is COC(=O)C(C)(CCSC1COC1)NC(C)C. The first-order valence-electron chi connectivity index (χ1n) is 6.03. The summed E-state index contributed by atoms with van der Waals surface area (Å²) in [5, 5.41) is 3.90. The van der Waals surface area contributed by atoms with Crippen molar-refractivity contribution in [1.82, 2.24) is 5.32 Å². The van der Waals surface area contributed by atoms with Crippen molar-refractivity contribution in [2.24, 2.45) is 0 Å². The molecule has 1 heterocycles. The van der Waals surface area contributed by atoms with E-state index >= 15 is 0 Å². The number of carbonyl (C=O) groups excluding carboxylic acids is 1. The molecule has 4 nitrogen and oxygen atoms in total. The Hall–Kier alpha value is -0.260. The van der Waals surface area contributed by atoms with E-state index in [1.54, 1.807) is 0 Å². The van der Waals surface area contributed by atoms with E-state index < -0.39 is 5.54 Å². The Morgan fingerprint density at radius 3 is 2.65 bits per heavy atom. The highest BCUT2D eigenvalue weighted by molar-refractivity contribution is 8.00. The minimum atomic E-state index is -0.583. The fourth-order valence-electron chi connectivity index (χ4n) is 1.84. The Balaban J connectivity index is 2.41. The largest absolute Gasteiger partial charge is 0.468 e. The third kappa shape index (κ3) is 4.48. The van der Waals surface area contributed by atoms with E-state index in [1.807, 2.05) is 32.5 Å². The molecule has 0 aromatic carbocycles.